The van der Waals surface area contributed by atoms with Gasteiger partial charge in [-0.1, -0.05) is 18.2 Å². The van der Waals surface area contributed by atoms with Gasteiger partial charge in [0.05, 0.1) is 23.6 Å². The molecule has 0 saturated carbocycles. The van der Waals surface area contributed by atoms with Gasteiger partial charge in [0.1, 0.15) is 5.75 Å². The Morgan fingerprint density at radius 1 is 1.21 bits per heavy atom. The maximum Gasteiger partial charge on any atom is 0.248 e. The summed E-state index contributed by atoms with van der Waals surface area (Å²) in [6, 6.07) is 12.2. The molecule has 174 valence electrons. The van der Waals surface area contributed by atoms with E-state index in [1.165, 1.54) is 36.5 Å². The third-order valence-electron chi connectivity index (χ3n) is 5.67. The SMILES string of the molecule is COc1ccc(S(=O)(=O)N2CCC[C@H](c3nnc(-c4ccccc4C)o3)C2)cc1NC(C)=O. The van der Waals surface area contributed by atoms with Crippen LogP contribution in [0, 0.1) is 6.92 Å². The summed E-state index contributed by atoms with van der Waals surface area (Å²) in [5.41, 5.74) is 2.19. The average molecular weight is 471 g/mol. The molecule has 0 unspecified atom stereocenters. The van der Waals surface area contributed by atoms with Gasteiger partial charge < -0.3 is 14.5 Å². The fraction of sp³-hybridized carbons (Fsp3) is 0.348. The van der Waals surface area contributed by atoms with E-state index in [0.717, 1.165) is 17.5 Å². The van der Waals surface area contributed by atoms with Gasteiger partial charge in [0.25, 0.3) is 0 Å². The van der Waals surface area contributed by atoms with Crippen molar-refractivity contribution in [3.8, 4) is 17.2 Å². The van der Waals surface area contributed by atoms with Crippen molar-refractivity contribution in [3.05, 3.63) is 53.9 Å². The zero-order valence-corrected chi connectivity index (χ0v) is 19.6. The van der Waals surface area contributed by atoms with Crippen molar-refractivity contribution in [1.29, 1.82) is 0 Å². The number of benzene rings is 2. The number of amides is 1. The molecule has 1 aliphatic rings. The lowest BCUT2D eigenvalue weighted by molar-refractivity contribution is -0.114. The number of sulfonamides is 1. The number of aryl methyl sites for hydroxylation is 1. The van der Waals surface area contributed by atoms with Crippen LogP contribution in [0.2, 0.25) is 0 Å². The van der Waals surface area contributed by atoms with Gasteiger partial charge in [-0.05, 0) is 49.6 Å². The molecule has 0 aliphatic carbocycles. The first-order valence-electron chi connectivity index (χ1n) is 10.6. The van der Waals surface area contributed by atoms with Crippen molar-refractivity contribution in [1.82, 2.24) is 14.5 Å². The first-order valence-corrected chi connectivity index (χ1v) is 12.1. The maximum atomic E-state index is 13.4. The second-order valence-corrected chi connectivity index (χ2v) is 9.94. The fourth-order valence-corrected chi connectivity index (χ4v) is 5.52. The Bertz CT molecular complexity index is 1270. The molecule has 0 radical (unpaired) electrons. The molecule has 9 nitrogen and oxygen atoms in total. The highest BCUT2D eigenvalue weighted by Gasteiger charge is 2.34. The lowest BCUT2D eigenvalue weighted by Crippen LogP contribution is -2.39. The van der Waals surface area contributed by atoms with Crippen molar-refractivity contribution < 1.29 is 22.4 Å². The number of nitrogens with one attached hydrogen (secondary N) is 1. The Labute approximate surface area is 192 Å². The molecular formula is C23H26N4O5S. The van der Waals surface area contributed by atoms with E-state index in [-0.39, 0.29) is 23.3 Å². The highest BCUT2D eigenvalue weighted by Crippen LogP contribution is 2.34. The van der Waals surface area contributed by atoms with E-state index in [1.807, 2.05) is 31.2 Å². The van der Waals surface area contributed by atoms with Gasteiger partial charge in [-0.2, -0.15) is 4.31 Å². The summed E-state index contributed by atoms with van der Waals surface area (Å²) < 4.78 is 39.4. The number of aromatic nitrogens is 2. The fourth-order valence-electron chi connectivity index (χ4n) is 3.97. The number of ether oxygens (including phenoxy) is 1. The summed E-state index contributed by atoms with van der Waals surface area (Å²) in [5.74, 6) is 0.726. The van der Waals surface area contributed by atoms with E-state index in [4.69, 9.17) is 9.15 Å². The maximum absolute atomic E-state index is 13.4. The van der Waals surface area contributed by atoms with Crippen molar-refractivity contribution in [3.63, 3.8) is 0 Å². The molecular weight excluding hydrogens is 444 g/mol. The summed E-state index contributed by atoms with van der Waals surface area (Å²) in [6.07, 6.45) is 1.42. The molecule has 1 aliphatic heterocycles. The third-order valence-corrected chi connectivity index (χ3v) is 7.53. The predicted octanol–water partition coefficient (Wildman–Crippen LogP) is 3.58. The van der Waals surface area contributed by atoms with Gasteiger partial charge in [-0.3, -0.25) is 4.79 Å². The zero-order chi connectivity index (χ0) is 23.6. The van der Waals surface area contributed by atoms with Gasteiger partial charge in [0.2, 0.25) is 27.7 Å². The Morgan fingerprint density at radius 2 is 2.00 bits per heavy atom. The van der Waals surface area contributed by atoms with E-state index >= 15 is 0 Å². The summed E-state index contributed by atoms with van der Waals surface area (Å²) in [7, 11) is -2.34. The summed E-state index contributed by atoms with van der Waals surface area (Å²) >= 11 is 0. The molecule has 2 heterocycles. The molecule has 1 atom stereocenters. The molecule has 1 N–H and O–H groups in total. The quantitative estimate of drug-likeness (QED) is 0.585. The number of hydrogen-bond acceptors (Lipinski definition) is 7. The van der Waals surface area contributed by atoms with Crippen LogP contribution >= 0.6 is 0 Å². The molecule has 0 spiro atoms. The summed E-state index contributed by atoms with van der Waals surface area (Å²) in [5, 5.41) is 11.0. The Morgan fingerprint density at radius 3 is 2.73 bits per heavy atom. The largest absolute Gasteiger partial charge is 0.495 e. The number of carbonyl (C=O) groups excluding carboxylic acids is 1. The van der Waals surface area contributed by atoms with Crippen LogP contribution in [0.5, 0.6) is 5.75 Å². The first kappa shape index (κ1) is 22.9. The van der Waals surface area contributed by atoms with E-state index in [1.54, 1.807) is 0 Å². The number of anilines is 1. The molecule has 1 aromatic heterocycles. The first-order chi connectivity index (χ1) is 15.8. The van der Waals surface area contributed by atoms with Crippen molar-refractivity contribution >= 4 is 21.6 Å². The van der Waals surface area contributed by atoms with Crippen LogP contribution in [0.25, 0.3) is 11.5 Å². The molecule has 2 aromatic carbocycles. The van der Waals surface area contributed by atoms with Crippen molar-refractivity contribution in [2.75, 3.05) is 25.5 Å². The normalized spacial score (nSPS) is 17.0. The van der Waals surface area contributed by atoms with Crippen LogP contribution in [0.3, 0.4) is 0 Å². The molecule has 33 heavy (non-hydrogen) atoms. The van der Waals surface area contributed by atoms with Gasteiger partial charge >= 0.3 is 0 Å². The van der Waals surface area contributed by atoms with Crippen molar-refractivity contribution in [2.24, 2.45) is 0 Å². The monoisotopic (exact) mass is 470 g/mol. The lowest BCUT2D eigenvalue weighted by Gasteiger charge is -2.30. The van der Waals surface area contributed by atoms with Gasteiger partial charge in [-0.25, -0.2) is 8.42 Å². The highest BCUT2D eigenvalue weighted by molar-refractivity contribution is 7.89. The standard InChI is InChI=1S/C23H26N4O5S/c1-15-7-4-5-9-19(15)23-26-25-22(32-23)17-8-6-12-27(14-17)33(29,30)18-10-11-21(31-3)20(13-18)24-16(2)28/h4-5,7,9-11,13,17H,6,8,12,14H2,1-3H3,(H,24,28)/t17-/m0/s1. The molecule has 1 amide bonds. The number of nitrogens with zero attached hydrogens (tertiary/aromatic N) is 3. The van der Waals surface area contributed by atoms with Gasteiger partial charge in [-0.15, -0.1) is 10.2 Å². The molecule has 1 fully saturated rings. The van der Waals surface area contributed by atoms with Crippen LogP contribution in [0.15, 0.2) is 51.8 Å². The number of carbonyl (C=O) groups is 1. The second-order valence-electron chi connectivity index (χ2n) is 8.01. The summed E-state index contributed by atoms with van der Waals surface area (Å²) in [4.78, 5) is 11.6. The number of hydrogen-bond donors (Lipinski definition) is 1. The van der Waals surface area contributed by atoms with Crippen LogP contribution in [0.1, 0.15) is 37.1 Å². The molecule has 1 saturated heterocycles. The third kappa shape index (κ3) is 4.76. The second kappa shape index (κ2) is 9.32. The predicted molar refractivity (Wildman–Crippen MR) is 123 cm³/mol. The molecule has 3 aromatic rings. The van der Waals surface area contributed by atoms with Gasteiger partial charge in [0.15, 0.2) is 0 Å². The van der Waals surface area contributed by atoms with Crippen LogP contribution in [-0.2, 0) is 14.8 Å². The summed E-state index contributed by atoms with van der Waals surface area (Å²) in [6.45, 7) is 3.95. The highest BCUT2D eigenvalue weighted by atomic mass is 32.2. The van der Waals surface area contributed by atoms with Gasteiger partial charge in [0, 0.05) is 25.6 Å². The minimum atomic E-state index is -3.80. The van der Waals surface area contributed by atoms with E-state index in [2.05, 4.69) is 15.5 Å². The van der Waals surface area contributed by atoms with Crippen LogP contribution in [-0.4, -0.2) is 49.0 Å². The Balaban J connectivity index is 1.57. The minimum absolute atomic E-state index is 0.0822. The molecule has 4 rings (SSSR count). The number of methoxy groups -OCH3 is 1. The molecule has 10 heteroatoms. The zero-order valence-electron chi connectivity index (χ0n) is 18.7. The van der Waals surface area contributed by atoms with E-state index in [9.17, 15) is 13.2 Å². The number of rotatable bonds is 6. The Hall–Kier alpha value is -3.24. The van der Waals surface area contributed by atoms with Crippen LogP contribution < -0.4 is 10.1 Å². The van der Waals surface area contributed by atoms with Crippen LogP contribution in [0.4, 0.5) is 5.69 Å². The van der Waals surface area contributed by atoms with Crippen molar-refractivity contribution in [2.45, 2.75) is 37.5 Å². The molecule has 0 bridgehead atoms. The number of piperidine rings is 1. The minimum Gasteiger partial charge on any atom is -0.495 e. The van der Waals surface area contributed by atoms with E-state index in [0.29, 0.717) is 36.2 Å². The Kier molecular flexibility index (Phi) is 6.48. The lowest BCUT2D eigenvalue weighted by atomic mass is 10.00. The van der Waals surface area contributed by atoms with E-state index < -0.39 is 10.0 Å². The topological polar surface area (TPSA) is 115 Å². The average Bonchev–Trinajstić information content (AvgIpc) is 3.29. The smallest absolute Gasteiger partial charge is 0.248 e.